The van der Waals surface area contributed by atoms with Gasteiger partial charge in [0.1, 0.15) is 11.8 Å². The molecule has 0 aliphatic rings. The minimum atomic E-state index is -4.72. The Morgan fingerprint density at radius 1 is 0.944 bits per heavy atom. The lowest BCUT2D eigenvalue weighted by Gasteiger charge is -2.21. The quantitative estimate of drug-likeness (QED) is 0.377. The van der Waals surface area contributed by atoms with E-state index in [-0.39, 0.29) is 23.7 Å². The maximum atomic E-state index is 12.7. The average Bonchev–Trinajstić information content (AvgIpc) is 2.80. The Hall–Kier alpha value is -3.23. The fourth-order valence-electron chi connectivity index (χ4n) is 3.31. The Morgan fingerprint density at radius 2 is 1.53 bits per heavy atom. The summed E-state index contributed by atoms with van der Waals surface area (Å²) in [6.07, 6.45) is -2.53. The summed E-state index contributed by atoms with van der Waals surface area (Å²) in [7, 11) is 0. The molecule has 0 aromatic heterocycles. The van der Waals surface area contributed by atoms with Crippen molar-refractivity contribution < 1.29 is 32.2 Å². The number of carbonyl (C=O) groups is 2. The van der Waals surface area contributed by atoms with Gasteiger partial charge in [-0.25, -0.2) is 4.79 Å². The monoisotopic (exact) mass is 508 g/mol. The van der Waals surface area contributed by atoms with Crippen LogP contribution < -0.4 is 15.4 Å². The second kappa shape index (κ2) is 13.2. The van der Waals surface area contributed by atoms with Gasteiger partial charge in [-0.3, -0.25) is 4.79 Å². The summed E-state index contributed by atoms with van der Waals surface area (Å²) in [6.45, 7) is 8.53. The van der Waals surface area contributed by atoms with Crippen molar-refractivity contribution in [3.63, 3.8) is 0 Å². The smallest absolute Gasteiger partial charge is 0.449 e. The molecule has 0 saturated carbocycles. The summed E-state index contributed by atoms with van der Waals surface area (Å²) < 4.78 is 46.1. The molecule has 0 aliphatic carbocycles. The minimum Gasteiger partial charge on any atom is -0.449 e. The molecule has 2 amide bonds. The molecule has 0 aliphatic heterocycles. The summed E-state index contributed by atoms with van der Waals surface area (Å²) in [6, 6.07) is 12.5. The first-order chi connectivity index (χ1) is 16.9. The molecule has 0 bridgehead atoms. The molecular formula is C27H35F3N2O4. The lowest BCUT2D eigenvalue weighted by Crippen LogP contribution is -2.47. The van der Waals surface area contributed by atoms with Crippen molar-refractivity contribution in [2.75, 3.05) is 13.2 Å². The maximum absolute atomic E-state index is 12.7. The first kappa shape index (κ1) is 29.0. The van der Waals surface area contributed by atoms with Crippen molar-refractivity contribution in [3.8, 4) is 16.9 Å². The first-order valence-electron chi connectivity index (χ1n) is 12.0. The molecule has 1 atom stereocenters. The van der Waals surface area contributed by atoms with E-state index in [2.05, 4.69) is 15.4 Å². The van der Waals surface area contributed by atoms with Crippen LogP contribution in [-0.2, 0) is 16.0 Å². The molecule has 0 fully saturated rings. The second-order valence-electron chi connectivity index (χ2n) is 9.79. The molecule has 6 nitrogen and oxygen atoms in total. The third kappa shape index (κ3) is 11.0. The van der Waals surface area contributed by atoms with E-state index in [9.17, 15) is 22.8 Å². The zero-order chi connectivity index (χ0) is 26.8. The number of ether oxygens (including phenoxy) is 2. The number of halogens is 3. The van der Waals surface area contributed by atoms with E-state index in [1.807, 2.05) is 52.0 Å². The highest BCUT2D eigenvalue weighted by Gasteiger charge is 2.31. The highest BCUT2D eigenvalue weighted by Crippen LogP contribution is 2.26. The molecule has 0 spiro atoms. The molecule has 0 radical (unpaired) electrons. The van der Waals surface area contributed by atoms with Crippen LogP contribution in [0.1, 0.15) is 52.5 Å². The van der Waals surface area contributed by atoms with Crippen LogP contribution in [0.3, 0.4) is 0 Å². The maximum Gasteiger partial charge on any atom is 0.573 e. The van der Waals surface area contributed by atoms with Crippen LogP contribution in [0, 0.1) is 5.41 Å². The van der Waals surface area contributed by atoms with Gasteiger partial charge in [-0.1, -0.05) is 76.9 Å². The van der Waals surface area contributed by atoms with E-state index in [4.69, 9.17) is 4.74 Å². The van der Waals surface area contributed by atoms with E-state index < -0.39 is 18.5 Å². The molecule has 0 saturated heterocycles. The standard InChI is InChI=1S/C27H35F3N2O4/c1-5-6-7-23(32-25(34)35-18-26(2,3)4)24(33)31-17-16-19-8-10-20(11-9-19)21-12-14-22(15-13-21)36-27(28,29)30/h8-15,23H,5-7,16-18H2,1-4H3,(H,31,33)(H,32,34)/t23-/m0/s1. The highest BCUT2D eigenvalue weighted by atomic mass is 19.4. The number of hydrogen-bond acceptors (Lipinski definition) is 4. The Morgan fingerprint density at radius 3 is 2.06 bits per heavy atom. The van der Waals surface area contributed by atoms with Crippen molar-refractivity contribution >= 4 is 12.0 Å². The summed E-state index contributed by atoms with van der Waals surface area (Å²) in [5.74, 6) is -0.526. The molecule has 36 heavy (non-hydrogen) atoms. The topological polar surface area (TPSA) is 76.7 Å². The van der Waals surface area contributed by atoms with Crippen LogP contribution in [0.5, 0.6) is 5.75 Å². The summed E-state index contributed by atoms with van der Waals surface area (Å²) in [5, 5.41) is 5.54. The third-order valence-electron chi connectivity index (χ3n) is 5.18. The van der Waals surface area contributed by atoms with E-state index in [1.165, 1.54) is 12.1 Å². The van der Waals surface area contributed by atoms with E-state index in [0.29, 0.717) is 19.4 Å². The zero-order valence-electron chi connectivity index (χ0n) is 21.2. The molecule has 198 valence electrons. The van der Waals surface area contributed by atoms with Crippen molar-refractivity contribution in [1.29, 1.82) is 0 Å². The molecule has 2 aromatic rings. The van der Waals surface area contributed by atoms with Crippen molar-refractivity contribution in [2.24, 2.45) is 5.41 Å². The predicted octanol–water partition coefficient (Wildman–Crippen LogP) is 6.24. The average molecular weight is 509 g/mol. The number of carbonyl (C=O) groups excluding carboxylic acids is 2. The second-order valence-corrected chi connectivity index (χ2v) is 9.79. The normalized spacial score (nSPS) is 12.5. The molecule has 0 unspecified atom stereocenters. The van der Waals surface area contributed by atoms with Gasteiger partial charge in [0.05, 0.1) is 6.61 Å². The fraction of sp³-hybridized carbons (Fsp3) is 0.481. The van der Waals surface area contributed by atoms with Gasteiger partial charge in [0.15, 0.2) is 0 Å². The van der Waals surface area contributed by atoms with Crippen molar-refractivity contribution in [2.45, 2.75) is 65.8 Å². The van der Waals surface area contributed by atoms with Gasteiger partial charge >= 0.3 is 12.5 Å². The molecule has 2 aromatic carbocycles. The highest BCUT2D eigenvalue weighted by molar-refractivity contribution is 5.85. The summed E-state index contributed by atoms with van der Waals surface area (Å²) in [5.41, 5.74) is 2.42. The van der Waals surface area contributed by atoms with E-state index >= 15 is 0 Å². The van der Waals surface area contributed by atoms with Crippen LogP contribution in [0.2, 0.25) is 0 Å². The van der Waals surface area contributed by atoms with Gasteiger partial charge in [0.25, 0.3) is 0 Å². The van der Waals surface area contributed by atoms with Crippen molar-refractivity contribution in [3.05, 3.63) is 54.1 Å². The predicted molar refractivity (Wildman–Crippen MR) is 133 cm³/mol. The van der Waals surface area contributed by atoms with Crippen LogP contribution in [0.25, 0.3) is 11.1 Å². The number of benzene rings is 2. The van der Waals surface area contributed by atoms with Crippen LogP contribution >= 0.6 is 0 Å². The van der Waals surface area contributed by atoms with Gasteiger partial charge in [0, 0.05) is 6.54 Å². The molecule has 2 rings (SSSR count). The number of nitrogens with one attached hydrogen (secondary N) is 2. The van der Waals surface area contributed by atoms with E-state index in [1.54, 1.807) is 12.1 Å². The summed E-state index contributed by atoms with van der Waals surface area (Å²) >= 11 is 0. The number of unbranched alkanes of at least 4 members (excludes halogenated alkanes) is 1. The number of hydrogen-bond donors (Lipinski definition) is 2. The number of alkyl carbamates (subject to hydrolysis) is 1. The molecule has 0 heterocycles. The van der Waals surface area contributed by atoms with Gasteiger partial charge in [-0.2, -0.15) is 0 Å². The number of rotatable bonds is 11. The van der Waals surface area contributed by atoms with Gasteiger partial charge < -0.3 is 20.1 Å². The van der Waals surface area contributed by atoms with Gasteiger partial charge in [0.2, 0.25) is 5.91 Å². The van der Waals surface area contributed by atoms with Gasteiger partial charge in [-0.05, 0) is 47.1 Å². The minimum absolute atomic E-state index is 0.168. The van der Waals surface area contributed by atoms with Crippen LogP contribution in [-0.4, -0.2) is 37.6 Å². The zero-order valence-corrected chi connectivity index (χ0v) is 21.2. The Labute approximate surface area is 210 Å². The number of alkyl halides is 3. The van der Waals surface area contributed by atoms with Crippen LogP contribution in [0.15, 0.2) is 48.5 Å². The van der Waals surface area contributed by atoms with Crippen molar-refractivity contribution in [1.82, 2.24) is 10.6 Å². The molecule has 2 N–H and O–H groups in total. The first-order valence-corrected chi connectivity index (χ1v) is 12.0. The number of amides is 2. The van der Waals surface area contributed by atoms with Gasteiger partial charge in [-0.15, -0.1) is 13.2 Å². The third-order valence-corrected chi connectivity index (χ3v) is 5.18. The van der Waals surface area contributed by atoms with E-state index in [0.717, 1.165) is 29.5 Å². The Balaban J connectivity index is 1.86. The molecular weight excluding hydrogens is 473 g/mol. The largest absolute Gasteiger partial charge is 0.573 e. The Bertz CT molecular complexity index is 968. The lowest BCUT2D eigenvalue weighted by atomic mass is 9.99. The summed E-state index contributed by atoms with van der Waals surface area (Å²) in [4.78, 5) is 24.8. The van der Waals surface area contributed by atoms with Crippen LogP contribution in [0.4, 0.5) is 18.0 Å². The molecule has 9 heteroatoms. The Kier molecular flexibility index (Phi) is 10.6. The lowest BCUT2D eigenvalue weighted by molar-refractivity contribution is -0.274. The SMILES string of the molecule is CCCC[C@H](NC(=O)OCC(C)(C)C)C(=O)NCCc1ccc(-c2ccc(OC(F)(F)F)cc2)cc1. The fourth-order valence-corrected chi connectivity index (χ4v) is 3.31.